The van der Waals surface area contributed by atoms with E-state index in [0.29, 0.717) is 11.8 Å². The average Bonchev–Trinajstić information content (AvgIpc) is 3.54. The fraction of sp³-hybridized carbons (Fsp3) is 0.318. The first-order valence-corrected chi connectivity index (χ1v) is 18.2. The summed E-state index contributed by atoms with van der Waals surface area (Å²) in [6, 6.07) is 29.9. The van der Waals surface area contributed by atoms with Gasteiger partial charge in [-0.15, -0.1) is 11.3 Å². The number of rotatable bonds is 5. The molecule has 0 bridgehead atoms. The lowest BCUT2D eigenvalue weighted by molar-refractivity contribution is -0.557. The van der Waals surface area contributed by atoms with Crippen LogP contribution in [-0.2, 0) is 12.5 Å². The van der Waals surface area contributed by atoms with Crippen LogP contribution in [0.3, 0.4) is 0 Å². The number of para-hydroxylation sites is 1. The first-order chi connectivity index (χ1) is 22.8. The standard InChI is InChI=1S/C44H48N3S/c1-25(2)33-13-12-14-34(26(3)4)41(33)47-40-29(7)45-28(6)23-37(40)46(11)43(47)39-27(5)15-21-36-35-22-18-31(24-38(35)48-42(36)39)30-16-19-32(20-17-30)44(8,9)10/h12-26H,1-11H3/q+1. The van der Waals surface area contributed by atoms with Gasteiger partial charge >= 0.3 is 0 Å². The van der Waals surface area contributed by atoms with Gasteiger partial charge in [-0.2, -0.15) is 4.57 Å². The van der Waals surface area contributed by atoms with E-state index >= 15 is 0 Å². The molecule has 0 amide bonds. The lowest BCUT2D eigenvalue weighted by Gasteiger charge is -2.19. The van der Waals surface area contributed by atoms with Gasteiger partial charge in [-0.05, 0) is 66.3 Å². The number of hydrogen-bond acceptors (Lipinski definition) is 2. The molecule has 3 nitrogen and oxygen atoms in total. The highest BCUT2D eigenvalue weighted by Gasteiger charge is 2.34. The molecule has 0 saturated heterocycles. The third kappa shape index (κ3) is 5.17. The van der Waals surface area contributed by atoms with Crippen molar-refractivity contribution in [3.63, 3.8) is 0 Å². The fourth-order valence-corrected chi connectivity index (χ4v) is 8.87. The maximum Gasteiger partial charge on any atom is 0.296 e. The van der Waals surface area contributed by atoms with E-state index in [2.05, 4.69) is 164 Å². The summed E-state index contributed by atoms with van der Waals surface area (Å²) in [5.41, 5.74) is 15.1. The molecule has 7 rings (SSSR count). The van der Waals surface area contributed by atoms with Crippen molar-refractivity contribution in [3.8, 4) is 28.2 Å². The first-order valence-electron chi connectivity index (χ1n) is 17.3. The molecule has 0 aliphatic heterocycles. The van der Waals surface area contributed by atoms with Crippen LogP contribution in [0.1, 0.15) is 93.9 Å². The second kappa shape index (κ2) is 11.7. The van der Waals surface area contributed by atoms with Crippen molar-refractivity contribution in [1.82, 2.24) is 9.55 Å². The van der Waals surface area contributed by atoms with Gasteiger partial charge in [-0.1, -0.05) is 115 Å². The topological polar surface area (TPSA) is 21.7 Å². The third-order valence-corrected chi connectivity index (χ3v) is 11.3. The zero-order valence-electron chi connectivity index (χ0n) is 30.4. The van der Waals surface area contributed by atoms with E-state index in [-0.39, 0.29) is 5.41 Å². The Bertz CT molecular complexity index is 2330. The van der Waals surface area contributed by atoms with Gasteiger partial charge in [0.15, 0.2) is 5.52 Å². The van der Waals surface area contributed by atoms with E-state index in [9.17, 15) is 0 Å². The summed E-state index contributed by atoms with van der Waals surface area (Å²) in [6.45, 7) is 22.6. The van der Waals surface area contributed by atoms with Crippen LogP contribution in [-0.4, -0.2) is 9.55 Å². The van der Waals surface area contributed by atoms with Crippen LogP contribution < -0.4 is 4.57 Å². The van der Waals surface area contributed by atoms with Crippen molar-refractivity contribution in [2.45, 2.75) is 86.5 Å². The molecular formula is C44H48N3S+. The molecule has 7 aromatic rings. The van der Waals surface area contributed by atoms with Gasteiger partial charge in [0, 0.05) is 38.4 Å². The summed E-state index contributed by atoms with van der Waals surface area (Å²) in [4.78, 5) is 5.03. The Morgan fingerprint density at radius 1 is 0.750 bits per heavy atom. The highest BCUT2D eigenvalue weighted by Crippen LogP contribution is 2.44. The minimum absolute atomic E-state index is 0.139. The maximum atomic E-state index is 5.03. The van der Waals surface area contributed by atoms with Gasteiger partial charge < -0.3 is 0 Å². The summed E-state index contributed by atoms with van der Waals surface area (Å²) in [5.74, 6) is 1.94. The quantitative estimate of drug-likeness (QED) is 0.170. The predicted octanol–water partition coefficient (Wildman–Crippen LogP) is 12.0. The Morgan fingerprint density at radius 3 is 2.00 bits per heavy atom. The number of benzene rings is 4. The zero-order valence-corrected chi connectivity index (χ0v) is 31.2. The minimum atomic E-state index is 0.139. The monoisotopic (exact) mass is 650 g/mol. The summed E-state index contributed by atoms with van der Waals surface area (Å²) >= 11 is 1.92. The maximum absolute atomic E-state index is 5.03. The number of fused-ring (bicyclic) bond motifs is 4. The Morgan fingerprint density at radius 2 is 1.38 bits per heavy atom. The van der Waals surface area contributed by atoms with Crippen molar-refractivity contribution >= 4 is 42.5 Å². The smallest absolute Gasteiger partial charge is 0.254 e. The summed E-state index contributed by atoms with van der Waals surface area (Å²) in [7, 11) is 2.24. The van der Waals surface area contributed by atoms with Gasteiger partial charge in [0.1, 0.15) is 5.69 Å². The van der Waals surface area contributed by atoms with Crippen LogP contribution in [0, 0.1) is 20.8 Å². The normalized spacial score (nSPS) is 12.4. The number of aryl methyl sites for hydroxylation is 4. The Labute approximate surface area is 289 Å². The third-order valence-electron chi connectivity index (χ3n) is 10.1. The molecule has 0 radical (unpaired) electrons. The molecule has 0 fully saturated rings. The van der Waals surface area contributed by atoms with Crippen LogP contribution in [0.15, 0.2) is 78.9 Å². The molecule has 4 aromatic carbocycles. The first kappa shape index (κ1) is 32.3. The van der Waals surface area contributed by atoms with Gasteiger partial charge in [-0.25, -0.2) is 4.57 Å². The van der Waals surface area contributed by atoms with Crippen molar-refractivity contribution in [2.75, 3.05) is 0 Å². The molecule has 3 aromatic heterocycles. The number of pyridine rings is 1. The van der Waals surface area contributed by atoms with Gasteiger partial charge in [0.05, 0.1) is 23.0 Å². The van der Waals surface area contributed by atoms with Crippen molar-refractivity contribution < 1.29 is 4.57 Å². The number of thiophene rings is 1. The van der Waals surface area contributed by atoms with E-state index in [1.54, 1.807) is 0 Å². The van der Waals surface area contributed by atoms with E-state index in [1.165, 1.54) is 81.7 Å². The van der Waals surface area contributed by atoms with E-state index in [0.717, 1.165) is 11.4 Å². The second-order valence-electron chi connectivity index (χ2n) is 15.3. The average molecular weight is 651 g/mol. The number of nitrogens with zero attached hydrogens (tertiary/aromatic N) is 3. The van der Waals surface area contributed by atoms with Crippen LogP contribution in [0.5, 0.6) is 0 Å². The Balaban J connectivity index is 1.55. The molecule has 0 aliphatic rings. The molecule has 0 saturated carbocycles. The number of aromatic nitrogens is 3. The molecule has 0 spiro atoms. The second-order valence-corrected chi connectivity index (χ2v) is 16.4. The van der Waals surface area contributed by atoms with Gasteiger partial charge in [0.2, 0.25) is 5.52 Å². The van der Waals surface area contributed by atoms with E-state index in [4.69, 9.17) is 4.98 Å². The van der Waals surface area contributed by atoms with Crippen LogP contribution in [0.4, 0.5) is 0 Å². The molecule has 0 aliphatic carbocycles. The van der Waals surface area contributed by atoms with Crippen LogP contribution in [0.2, 0.25) is 0 Å². The van der Waals surface area contributed by atoms with Crippen molar-refractivity contribution in [2.24, 2.45) is 7.05 Å². The van der Waals surface area contributed by atoms with Gasteiger partial charge in [-0.3, -0.25) is 4.98 Å². The summed E-state index contributed by atoms with van der Waals surface area (Å²) in [5, 5.41) is 2.63. The molecular weight excluding hydrogens is 603 g/mol. The zero-order chi connectivity index (χ0) is 34.2. The Kier molecular flexibility index (Phi) is 7.87. The fourth-order valence-electron chi connectivity index (χ4n) is 7.53. The van der Waals surface area contributed by atoms with Crippen molar-refractivity contribution in [3.05, 3.63) is 113 Å². The molecule has 4 heteroatoms. The lowest BCUT2D eigenvalue weighted by Crippen LogP contribution is -2.37. The highest BCUT2D eigenvalue weighted by atomic mass is 32.1. The number of imidazole rings is 1. The SMILES string of the molecule is Cc1cc2c(c(C)n1)[n+](-c1c(C(C)C)cccc1C(C)C)c(-c1c(C)ccc3c1sc1cc(-c4ccc(C(C)(C)C)cc4)ccc13)n2C. The molecule has 244 valence electrons. The number of hydrogen-bond donors (Lipinski definition) is 0. The highest BCUT2D eigenvalue weighted by molar-refractivity contribution is 7.26. The lowest BCUT2D eigenvalue weighted by atomic mass is 9.86. The molecule has 0 N–H and O–H groups in total. The molecule has 48 heavy (non-hydrogen) atoms. The minimum Gasteiger partial charge on any atom is -0.254 e. The van der Waals surface area contributed by atoms with Crippen LogP contribution >= 0.6 is 11.3 Å². The molecule has 0 atom stereocenters. The molecule has 0 unspecified atom stereocenters. The Hall–Kier alpha value is -4.28. The van der Waals surface area contributed by atoms with Crippen LogP contribution in [0.25, 0.3) is 59.4 Å². The molecule has 3 heterocycles. The summed E-state index contributed by atoms with van der Waals surface area (Å²) < 4.78 is 7.64. The van der Waals surface area contributed by atoms with Gasteiger partial charge in [0.25, 0.3) is 5.82 Å². The predicted molar refractivity (Wildman–Crippen MR) is 207 cm³/mol. The van der Waals surface area contributed by atoms with E-state index < -0.39 is 0 Å². The summed E-state index contributed by atoms with van der Waals surface area (Å²) in [6.07, 6.45) is 0. The van der Waals surface area contributed by atoms with Crippen molar-refractivity contribution in [1.29, 1.82) is 0 Å². The largest absolute Gasteiger partial charge is 0.296 e. The van der Waals surface area contributed by atoms with E-state index in [1.807, 2.05) is 11.3 Å².